The average Bonchev–Trinajstić information content (AvgIpc) is 3.10. The molecule has 0 radical (unpaired) electrons. The average molecular weight is 379 g/mol. The molecule has 27 heavy (non-hydrogen) atoms. The minimum atomic E-state index is -3.88. The van der Waals surface area contributed by atoms with Crippen molar-refractivity contribution in [2.24, 2.45) is 0 Å². The summed E-state index contributed by atoms with van der Waals surface area (Å²) in [4.78, 5) is 11.7. The summed E-state index contributed by atoms with van der Waals surface area (Å²) in [7, 11) is -3.88. The third-order valence-corrected chi connectivity index (χ3v) is 6.53. The van der Waals surface area contributed by atoms with Gasteiger partial charge in [0.2, 0.25) is 0 Å². The van der Waals surface area contributed by atoms with E-state index in [-0.39, 0.29) is 11.4 Å². The number of rotatable bonds is 4. The van der Waals surface area contributed by atoms with Crippen molar-refractivity contribution in [1.82, 2.24) is 0 Å². The summed E-state index contributed by atoms with van der Waals surface area (Å²) in [6.45, 7) is -0.105. The Labute approximate surface area is 157 Å². The number of hydrogen-bond acceptors (Lipinski definition) is 3. The maximum Gasteiger partial charge on any atom is 0.312 e. The van der Waals surface area contributed by atoms with E-state index in [0.717, 1.165) is 11.1 Å². The Morgan fingerprint density at radius 1 is 0.889 bits per heavy atom. The molecule has 3 aromatic rings. The molecule has 1 atom stereocenters. The number of aliphatic carboxylic acids is 1. The molecule has 1 N–H and O–H groups in total. The van der Waals surface area contributed by atoms with Gasteiger partial charge in [-0.1, -0.05) is 60.7 Å². The first kappa shape index (κ1) is 17.3. The highest BCUT2D eigenvalue weighted by Gasteiger charge is 2.39. The molecule has 6 heteroatoms. The number of carbonyl (C=O) groups is 1. The lowest BCUT2D eigenvalue weighted by Crippen LogP contribution is -2.31. The smallest absolute Gasteiger partial charge is 0.312 e. The highest BCUT2D eigenvalue weighted by Crippen LogP contribution is 2.40. The summed E-state index contributed by atoms with van der Waals surface area (Å²) >= 11 is 0. The summed E-state index contributed by atoms with van der Waals surface area (Å²) in [6, 6.07) is 23.0. The van der Waals surface area contributed by atoms with Gasteiger partial charge in [0.25, 0.3) is 10.0 Å². The van der Waals surface area contributed by atoms with Crippen molar-refractivity contribution < 1.29 is 18.3 Å². The van der Waals surface area contributed by atoms with Gasteiger partial charge in [-0.3, -0.25) is 9.10 Å². The standard InChI is InChI=1S/C21H17NO4S/c23-21(24)19-14-22(20-12-5-4-11-18(19)20)27(25,26)17-10-6-9-16(13-17)15-7-2-1-3-8-15/h1-13,19H,14H2,(H,23,24). The molecule has 1 aliphatic heterocycles. The van der Waals surface area contributed by atoms with E-state index >= 15 is 0 Å². The van der Waals surface area contributed by atoms with Gasteiger partial charge in [-0.15, -0.1) is 0 Å². The number of sulfonamides is 1. The van der Waals surface area contributed by atoms with Crippen LogP contribution < -0.4 is 4.31 Å². The first-order chi connectivity index (χ1) is 13.0. The van der Waals surface area contributed by atoms with E-state index in [9.17, 15) is 18.3 Å². The Morgan fingerprint density at radius 2 is 1.56 bits per heavy atom. The molecule has 0 fully saturated rings. The van der Waals surface area contributed by atoms with E-state index in [1.807, 2.05) is 36.4 Å². The molecule has 4 rings (SSSR count). The van der Waals surface area contributed by atoms with Gasteiger partial charge in [-0.2, -0.15) is 0 Å². The molecular weight excluding hydrogens is 362 g/mol. The van der Waals surface area contributed by atoms with Crippen LogP contribution in [0.4, 0.5) is 5.69 Å². The third-order valence-electron chi connectivity index (χ3n) is 4.76. The topological polar surface area (TPSA) is 74.7 Å². The molecular formula is C21H17NO4S. The van der Waals surface area contributed by atoms with E-state index in [4.69, 9.17) is 0 Å². The maximum absolute atomic E-state index is 13.3. The molecule has 3 aromatic carbocycles. The Hall–Kier alpha value is -3.12. The summed E-state index contributed by atoms with van der Waals surface area (Å²) in [5, 5.41) is 9.49. The van der Waals surface area contributed by atoms with Crippen molar-refractivity contribution in [3.05, 3.63) is 84.4 Å². The fraction of sp³-hybridized carbons (Fsp3) is 0.0952. The van der Waals surface area contributed by atoms with Crippen LogP contribution in [0, 0.1) is 0 Å². The van der Waals surface area contributed by atoms with E-state index in [1.165, 1.54) is 4.31 Å². The second-order valence-electron chi connectivity index (χ2n) is 6.38. The van der Waals surface area contributed by atoms with Crippen molar-refractivity contribution in [3.8, 4) is 11.1 Å². The van der Waals surface area contributed by atoms with Crippen molar-refractivity contribution in [1.29, 1.82) is 0 Å². The van der Waals surface area contributed by atoms with Crippen molar-refractivity contribution >= 4 is 21.7 Å². The van der Waals surface area contributed by atoms with Crippen molar-refractivity contribution in [2.45, 2.75) is 10.8 Å². The third kappa shape index (κ3) is 2.98. The fourth-order valence-electron chi connectivity index (χ4n) is 3.40. The minimum absolute atomic E-state index is 0.105. The molecule has 0 spiro atoms. The van der Waals surface area contributed by atoms with E-state index < -0.39 is 21.9 Å². The van der Waals surface area contributed by atoms with Crippen LogP contribution in [-0.2, 0) is 14.8 Å². The number of anilines is 1. The summed E-state index contributed by atoms with van der Waals surface area (Å²) in [5.74, 6) is -1.90. The van der Waals surface area contributed by atoms with Gasteiger partial charge in [-0.05, 0) is 34.9 Å². The Kier molecular flexibility index (Phi) is 4.20. The molecule has 1 heterocycles. The zero-order chi connectivity index (χ0) is 19.0. The SMILES string of the molecule is O=C(O)C1CN(S(=O)(=O)c2cccc(-c3ccccc3)c2)c2ccccc21. The first-order valence-corrected chi connectivity index (χ1v) is 9.92. The Bertz CT molecular complexity index is 1110. The van der Waals surface area contributed by atoms with Crippen LogP contribution in [0.2, 0.25) is 0 Å². The highest BCUT2D eigenvalue weighted by molar-refractivity contribution is 7.92. The lowest BCUT2D eigenvalue weighted by Gasteiger charge is -2.20. The van der Waals surface area contributed by atoms with Crippen LogP contribution in [0.15, 0.2) is 83.8 Å². The van der Waals surface area contributed by atoms with Crippen LogP contribution in [0.1, 0.15) is 11.5 Å². The second-order valence-corrected chi connectivity index (χ2v) is 8.24. The monoisotopic (exact) mass is 379 g/mol. The maximum atomic E-state index is 13.3. The number of carboxylic acids is 1. The summed E-state index contributed by atoms with van der Waals surface area (Å²) in [5.41, 5.74) is 2.65. The number of carboxylic acid groups (broad SMARTS) is 1. The van der Waals surface area contributed by atoms with Gasteiger partial charge < -0.3 is 5.11 Å². The van der Waals surface area contributed by atoms with Gasteiger partial charge in [-0.25, -0.2) is 8.42 Å². The Morgan fingerprint density at radius 3 is 2.30 bits per heavy atom. The van der Waals surface area contributed by atoms with Gasteiger partial charge in [0.05, 0.1) is 17.1 Å². The van der Waals surface area contributed by atoms with Crippen LogP contribution in [0.3, 0.4) is 0 Å². The predicted octanol–water partition coefficient (Wildman–Crippen LogP) is 3.73. The second kappa shape index (κ2) is 6.55. The quantitative estimate of drug-likeness (QED) is 0.749. The van der Waals surface area contributed by atoms with Crippen LogP contribution in [-0.4, -0.2) is 26.0 Å². The van der Waals surface area contributed by atoms with Gasteiger partial charge >= 0.3 is 5.97 Å². The highest BCUT2D eigenvalue weighted by atomic mass is 32.2. The fourth-order valence-corrected chi connectivity index (χ4v) is 4.96. The van der Waals surface area contributed by atoms with Gasteiger partial charge in [0.15, 0.2) is 0 Å². The number of benzene rings is 3. The van der Waals surface area contributed by atoms with Crippen LogP contribution in [0.5, 0.6) is 0 Å². The molecule has 0 saturated carbocycles. The van der Waals surface area contributed by atoms with Crippen LogP contribution in [0.25, 0.3) is 11.1 Å². The largest absolute Gasteiger partial charge is 0.481 e. The Balaban J connectivity index is 1.78. The molecule has 0 saturated heterocycles. The van der Waals surface area contributed by atoms with E-state index in [2.05, 4.69) is 0 Å². The van der Waals surface area contributed by atoms with E-state index in [1.54, 1.807) is 42.5 Å². The van der Waals surface area contributed by atoms with Crippen molar-refractivity contribution in [3.63, 3.8) is 0 Å². The lowest BCUT2D eigenvalue weighted by molar-refractivity contribution is -0.138. The zero-order valence-corrected chi connectivity index (χ0v) is 15.1. The molecule has 0 aliphatic carbocycles. The van der Waals surface area contributed by atoms with E-state index in [0.29, 0.717) is 11.3 Å². The molecule has 5 nitrogen and oxygen atoms in total. The summed E-state index contributed by atoms with van der Waals surface area (Å²) in [6.07, 6.45) is 0. The molecule has 1 unspecified atom stereocenters. The normalized spacial score (nSPS) is 16.1. The predicted molar refractivity (Wildman–Crippen MR) is 103 cm³/mol. The molecule has 0 amide bonds. The molecule has 1 aliphatic rings. The van der Waals surface area contributed by atoms with Gasteiger partial charge in [0.1, 0.15) is 5.92 Å². The lowest BCUT2D eigenvalue weighted by atomic mass is 10.0. The molecule has 0 aromatic heterocycles. The minimum Gasteiger partial charge on any atom is -0.481 e. The molecule has 136 valence electrons. The zero-order valence-electron chi connectivity index (χ0n) is 14.3. The summed E-state index contributed by atoms with van der Waals surface area (Å²) < 4.78 is 27.8. The van der Waals surface area contributed by atoms with Crippen molar-refractivity contribution in [2.75, 3.05) is 10.8 Å². The number of hydrogen-bond donors (Lipinski definition) is 1. The molecule has 0 bridgehead atoms. The number of para-hydroxylation sites is 1. The number of fused-ring (bicyclic) bond motifs is 1. The number of nitrogens with zero attached hydrogens (tertiary/aromatic N) is 1. The first-order valence-electron chi connectivity index (χ1n) is 8.48. The van der Waals surface area contributed by atoms with Crippen LogP contribution >= 0.6 is 0 Å². The van der Waals surface area contributed by atoms with Gasteiger partial charge in [0, 0.05) is 0 Å².